The summed E-state index contributed by atoms with van der Waals surface area (Å²) in [6.45, 7) is 2.16. The van der Waals surface area contributed by atoms with E-state index < -0.39 is 0 Å². The minimum absolute atomic E-state index is 1.13. The van der Waals surface area contributed by atoms with Gasteiger partial charge in [-0.25, -0.2) is 0 Å². The molecule has 0 aromatic heterocycles. The van der Waals surface area contributed by atoms with Gasteiger partial charge in [-0.3, -0.25) is 4.72 Å². The average molecular weight is 103 g/mol. The van der Waals surface area contributed by atoms with Crippen LogP contribution in [0.4, 0.5) is 0 Å². The van der Waals surface area contributed by atoms with Crippen LogP contribution in [-0.4, -0.2) is 20.0 Å². The maximum atomic E-state index is 3.11. The van der Waals surface area contributed by atoms with Gasteiger partial charge >= 0.3 is 0 Å². The van der Waals surface area contributed by atoms with Gasteiger partial charge in [0, 0.05) is 0 Å². The Hall–Kier alpha value is 0.375. The van der Waals surface area contributed by atoms with Crippen LogP contribution >= 0.6 is 11.9 Å². The van der Waals surface area contributed by atoms with Crippen LogP contribution < -0.4 is 4.72 Å². The molecule has 1 nitrogen and oxygen atoms in total. The minimum atomic E-state index is 1.13. The maximum Gasteiger partial charge on any atom is 0.136 e. The van der Waals surface area contributed by atoms with Gasteiger partial charge < -0.3 is 0 Å². The van der Waals surface area contributed by atoms with Crippen molar-refractivity contribution in [1.82, 2.24) is 4.72 Å². The van der Waals surface area contributed by atoms with Gasteiger partial charge in [0.2, 0.25) is 0 Å². The van der Waals surface area contributed by atoms with Gasteiger partial charge in [0.25, 0.3) is 0 Å². The third kappa shape index (κ3) is 4.37. The van der Waals surface area contributed by atoms with Crippen molar-refractivity contribution in [2.24, 2.45) is 0 Å². The maximum absolute atomic E-state index is 3.11. The highest BCUT2D eigenvalue weighted by atomic mass is 32.2. The van der Waals surface area contributed by atoms with Crippen LogP contribution in [0.3, 0.4) is 0 Å². The number of rotatable bonds is 3. The fourth-order valence-corrected chi connectivity index (χ4v) is 0.612. The van der Waals surface area contributed by atoms with Crippen molar-refractivity contribution >= 4 is 19.2 Å². The SMILES string of the molecule is CBCNSC. The van der Waals surface area contributed by atoms with Crippen molar-refractivity contribution in [3.8, 4) is 0 Å². The number of nitrogens with one attached hydrogen (secondary N) is 1. The van der Waals surface area contributed by atoms with Crippen LogP contribution in [0.2, 0.25) is 6.82 Å². The van der Waals surface area contributed by atoms with E-state index in [1.165, 1.54) is 7.28 Å². The van der Waals surface area contributed by atoms with E-state index in [0.29, 0.717) is 0 Å². The van der Waals surface area contributed by atoms with Crippen LogP contribution in [0.1, 0.15) is 0 Å². The summed E-state index contributed by atoms with van der Waals surface area (Å²) in [6.07, 6.45) is 3.16. The first-order valence-corrected chi connectivity index (χ1v) is 3.40. The highest BCUT2D eigenvalue weighted by Gasteiger charge is 1.75. The molecule has 0 rings (SSSR count). The zero-order valence-corrected chi connectivity index (χ0v) is 5.14. The zero-order valence-electron chi connectivity index (χ0n) is 4.32. The quantitative estimate of drug-likeness (QED) is 0.313. The molecule has 0 spiro atoms. The first-order chi connectivity index (χ1) is 2.91. The van der Waals surface area contributed by atoms with E-state index in [1.54, 1.807) is 11.9 Å². The largest absolute Gasteiger partial charge is 0.272 e. The predicted octanol–water partition coefficient (Wildman–Crippen LogP) is 0.296. The van der Waals surface area contributed by atoms with Crippen molar-refractivity contribution in [2.75, 3.05) is 12.7 Å². The second-order valence-electron chi connectivity index (χ2n) is 1.10. The average Bonchev–Trinajstić information content (AvgIpc) is 1.61. The van der Waals surface area contributed by atoms with E-state index in [9.17, 15) is 0 Å². The standard InChI is InChI=1S/C3H10BNS/c1-4-3-5-6-2/h4-5H,3H2,1-2H3. The lowest BCUT2D eigenvalue weighted by Gasteiger charge is -1.89. The summed E-state index contributed by atoms with van der Waals surface area (Å²) in [4.78, 5) is 0. The van der Waals surface area contributed by atoms with Crippen LogP contribution in [-0.2, 0) is 0 Å². The van der Waals surface area contributed by atoms with Crippen LogP contribution in [0.5, 0.6) is 0 Å². The normalized spacial score (nSPS) is 8.33. The summed E-state index contributed by atoms with van der Waals surface area (Å²) < 4.78 is 3.11. The lowest BCUT2D eigenvalue weighted by molar-refractivity contribution is 1.22. The molecule has 1 N–H and O–H groups in total. The van der Waals surface area contributed by atoms with Gasteiger partial charge in [0.05, 0.1) is 0 Å². The smallest absolute Gasteiger partial charge is 0.136 e. The fraction of sp³-hybridized carbons (Fsp3) is 1.00. The molecule has 0 bridgehead atoms. The molecule has 0 aromatic rings. The molecule has 0 radical (unpaired) electrons. The van der Waals surface area contributed by atoms with E-state index in [1.807, 2.05) is 6.26 Å². The topological polar surface area (TPSA) is 12.0 Å². The molecule has 6 heavy (non-hydrogen) atoms. The van der Waals surface area contributed by atoms with E-state index in [0.717, 1.165) is 6.44 Å². The molecule has 0 unspecified atom stereocenters. The second kappa shape index (κ2) is 5.37. The second-order valence-corrected chi connectivity index (χ2v) is 1.80. The molecule has 0 saturated heterocycles. The lowest BCUT2D eigenvalue weighted by atomic mass is 9.84. The summed E-state index contributed by atoms with van der Waals surface area (Å²) in [5, 5.41) is 0. The molecule has 0 aromatic carbocycles. The molecule has 0 aliphatic rings. The Morgan fingerprint density at radius 2 is 2.50 bits per heavy atom. The molecular weight excluding hydrogens is 92.9 g/mol. The van der Waals surface area contributed by atoms with Gasteiger partial charge in [-0.1, -0.05) is 18.8 Å². The summed E-state index contributed by atoms with van der Waals surface area (Å²) in [7, 11) is 1.22. The molecule has 0 fully saturated rings. The van der Waals surface area contributed by atoms with Crippen LogP contribution in [0, 0.1) is 0 Å². The molecular formula is C3H10BNS. The van der Waals surface area contributed by atoms with Crippen LogP contribution in [0.25, 0.3) is 0 Å². The highest BCUT2D eigenvalue weighted by molar-refractivity contribution is 7.96. The Kier molecular flexibility index (Phi) is 5.71. The van der Waals surface area contributed by atoms with Crippen molar-refractivity contribution in [3.05, 3.63) is 0 Å². The molecule has 0 aliphatic carbocycles. The Labute approximate surface area is 44.3 Å². The van der Waals surface area contributed by atoms with Crippen molar-refractivity contribution in [2.45, 2.75) is 6.82 Å². The van der Waals surface area contributed by atoms with Gasteiger partial charge in [0.1, 0.15) is 7.28 Å². The Balaban J connectivity index is 2.34. The van der Waals surface area contributed by atoms with Gasteiger partial charge in [-0.05, 0) is 12.7 Å². The van der Waals surface area contributed by atoms with E-state index in [-0.39, 0.29) is 0 Å². The Morgan fingerprint density at radius 1 is 1.83 bits per heavy atom. The number of hydrogen-bond acceptors (Lipinski definition) is 2. The molecule has 36 valence electrons. The van der Waals surface area contributed by atoms with Gasteiger partial charge in [-0.2, -0.15) is 0 Å². The summed E-state index contributed by atoms with van der Waals surface area (Å²) in [5.41, 5.74) is 0. The number of hydrogen-bond donors (Lipinski definition) is 1. The monoisotopic (exact) mass is 103 g/mol. The van der Waals surface area contributed by atoms with Gasteiger partial charge in [0.15, 0.2) is 0 Å². The van der Waals surface area contributed by atoms with E-state index in [4.69, 9.17) is 0 Å². The molecule has 3 heteroatoms. The van der Waals surface area contributed by atoms with Crippen LogP contribution in [0.15, 0.2) is 0 Å². The lowest BCUT2D eigenvalue weighted by Crippen LogP contribution is -2.08. The predicted molar refractivity (Wildman–Crippen MR) is 34.5 cm³/mol. The first kappa shape index (κ1) is 6.37. The van der Waals surface area contributed by atoms with E-state index >= 15 is 0 Å². The zero-order chi connectivity index (χ0) is 4.83. The van der Waals surface area contributed by atoms with E-state index in [2.05, 4.69) is 11.5 Å². The first-order valence-electron chi connectivity index (χ1n) is 2.17. The summed E-state index contributed by atoms with van der Waals surface area (Å²) >= 11 is 1.68. The third-order valence-corrected chi connectivity index (χ3v) is 0.989. The highest BCUT2D eigenvalue weighted by Crippen LogP contribution is 1.76. The molecule has 0 saturated carbocycles. The third-order valence-electron chi connectivity index (χ3n) is 0.496. The summed E-state index contributed by atoms with van der Waals surface area (Å²) in [6, 6.07) is 0. The molecule has 0 aliphatic heterocycles. The van der Waals surface area contributed by atoms with Crippen molar-refractivity contribution in [3.63, 3.8) is 0 Å². The minimum Gasteiger partial charge on any atom is -0.272 e. The van der Waals surface area contributed by atoms with Crippen molar-refractivity contribution < 1.29 is 0 Å². The van der Waals surface area contributed by atoms with Gasteiger partial charge in [-0.15, -0.1) is 0 Å². The summed E-state index contributed by atoms with van der Waals surface area (Å²) in [5.74, 6) is 0. The molecule has 0 heterocycles. The molecule has 0 amide bonds. The molecule has 0 atom stereocenters. The fourth-order valence-electron chi connectivity index (χ4n) is 0.204. The Bertz CT molecular complexity index is 22.8. The Morgan fingerprint density at radius 3 is 2.67 bits per heavy atom. The van der Waals surface area contributed by atoms with Crippen molar-refractivity contribution in [1.29, 1.82) is 0 Å².